The Hall–Kier alpha value is -1.66. The summed E-state index contributed by atoms with van der Waals surface area (Å²) in [7, 11) is 0. The van der Waals surface area contributed by atoms with E-state index in [1.165, 1.54) is 27.6 Å². The quantitative estimate of drug-likeness (QED) is 0.900. The topological polar surface area (TPSA) is 72.2 Å². The second-order valence-corrected chi connectivity index (χ2v) is 8.18. The molecule has 4 nitrogen and oxygen atoms in total. The maximum Gasteiger partial charge on any atom is 0.266 e. The Bertz CT molecular complexity index is 745. The number of carbonyl (C=O) groups is 2. The summed E-state index contributed by atoms with van der Waals surface area (Å²) in [5.41, 5.74) is 7.10. The van der Waals surface area contributed by atoms with E-state index < -0.39 is 5.91 Å². The number of fused-ring (bicyclic) bond motifs is 1. The van der Waals surface area contributed by atoms with E-state index in [-0.39, 0.29) is 5.91 Å². The predicted molar refractivity (Wildman–Crippen MR) is 91.0 cm³/mol. The van der Waals surface area contributed by atoms with Crippen LogP contribution in [0.1, 0.15) is 48.7 Å². The summed E-state index contributed by atoms with van der Waals surface area (Å²) in [4.78, 5) is 27.1. The fourth-order valence-electron chi connectivity index (χ4n) is 2.82. The van der Waals surface area contributed by atoms with Gasteiger partial charge in [-0.3, -0.25) is 9.59 Å². The number of hydrogen-bond donors (Lipinski definition) is 2. The second-order valence-electron chi connectivity index (χ2n) is 5.78. The number of anilines is 1. The van der Waals surface area contributed by atoms with Crippen molar-refractivity contribution in [1.29, 1.82) is 0 Å². The van der Waals surface area contributed by atoms with E-state index in [2.05, 4.69) is 12.2 Å². The number of thiophene rings is 2. The van der Waals surface area contributed by atoms with Crippen molar-refractivity contribution in [3.05, 3.63) is 37.9 Å². The molecule has 1 aliphatic rings. The van der Waals surface area contributed by atoms with Gasteiger partial charge in [0.2, 0.25) is 0 Å². The third-order valence-electron chi connectivity index (χ3n) is 3.95. The van der Waals surface area contributed by atoms with Crippen LogP contribution in [0.15, 0.2) is 12.1 Å². The Kier molecular flexibility index (Phi) is 4.06. The standard InChI is InChI=1S/C16H18N2O2S2/c1-8-3-5-10-12(7-8)22-16(13(10)14(17)19)18-15(20)11-6-4-9(2)21-11/h4,6,8H,3,5,7H2,1-2H3,(H2,17,19)(H,18,20). The van der Waals surface area contributed by atoms with Gasteiger partial charge in [-0.25, -0.2) is 0 Å². The molecule has 0 bridgehead atoms. The van der Waals surface area contributed by atoms with E-state index in [1.807, 2.05) is 13.0 Å². The van der Waals surface area contributed by atoms with Crippen molar-refractivity contribution >= 4 is 39.5 Å². The number of amides is 2. The first-order chi connectivity index (χ1) is 10.5. The highest BCUT2D eigenvalue weighted by molar-refractivity contribution is 7.17. The zero-order chi connectivity index (χ0) is 15.9. The molecular formula is C16H18N2O2S2. The van der Waals surface area contributed by atoms with Gasteiger partial charge in [-0.05, 0) is 49.8 Å². The summed E-state index contributed by atoms with van der Waals surface area (Å²) < 4.78 is 0. The predicted octanol–water partition coefficient (Wildman–Crippen LogP) is 3.59. The fourth-order valence-corrected chi connectivity index (χ4v) is 4.99. The fraction of sp³-hybridized carbons (Fsp3) is 0.375. The molecule has 116 valence electrons. The van der Waals surface area contributed by atoms with Crippen LogP contribution in [0.4, 0.5) is 5.00 Å². The largest absolute Gasteiger partial charge is 0.365 e. The molecule has 0 fully saturated rings. The van der Waals surface area contributed by atoms with Gasteiger partial charge in [0.15, 0.2) is 0 Å². The molecule has 2 heterocycles. The summed E-state index contributed by atoms with van der Waals surface area (Å²) in [5, 5.41) is 3.48. The van der Waals surface area contributed by atoms with Crippen molar-refractivity contribution in [2.75, 3.05) is 5.32 Å². The lowest BCUT2D eigenvalue weighted by Crippen LogP contribution is -2.19. The zero-order valence-electron chi connectivity index (χ0n) is 12.6. The SMILES string of the molecule is Cc1ccc(C(=O)Nc2sc3c(c2C(N)=O)CCC(C)C3)s1. The summed E-state index contributed by atoms with van der Waals surface area (Å²) in [6, 6.07) is 3.71. The van der Waals surface area contributed by atoms with Gasteiger partial charge >= 0.3 is 0 Å². The molecule has 6 heteroatoms. The smallest absolute Gasteiger partial charge is 0.266 e. The van der Waals surface area contributed by atoms with E-state index in [0.717, 1.165) is 29.7 Å². The molecule has 0 saturated carbocycles. The molecule has 22 heavy (non-hydrogen) atoms. The molecule has 3 N–H and O–H groups in total. The van der Waals surface area contributed by atoms with Crippen molar-refractivity contribution in [1.82, 2.24) is 0 Å². The molecule has 1 aliphatic carbocycles. The van der Waals surface area contributed by atoms with E-state index in [0.29, 0.717) is 21.4 Å². The van der Waals surface area contributed by atoms with Crippen molar-refractivity contribution in [2.24, 2.45) is 11.7 Å². The Labute approximate surface area is 137 Å². The molecule has 2 aromatic rings. The molecular weight excluding hydrogens is 316 g/mol. The molecule has 0 spiro atoms. The third-order valence-corrected chi connectivity index (χ3v) is 6.12. The highest BCUT2D eigenvalue weighted by Crippen LogP contribution is 2.39. The van der Waals surface area contributed by atoms with Crippen LogP contribution >= 0.6 is 22.7 Å². The number of carbonyl (C=O) groups excluding carboxylic acids is 2. The number of primary amides is 1. The normalized spacial score (nSPS) is 17.1. The minimum Gasteiger partial charge on any atom is -0.365 e. The Morgan fingerprint density at radius 1 is 1.32 bits per heavy atom. The molecule has 0 radical (unpaired) electrons. The Balaban J connectivity index is 1.93. The highest BCUT2D eigenvalue weighted by Gasteiger charge is 2.27. The molecule has 0 aliphatic heterocycles. The van der Waals surface area contributed by atoms with Crippen molar-refractivity contribution in [3.8, 4) is 0 Å². The van der Waals surface area contributed by atoms with Gasteiger partial charge in [0, 0.05) is 9.75 Å². The van der Waals surface area contributed by atoms with Crippen LogP contribution in [-0.4, -0.2) is 11.8 Å². The summed E-state index contributed by atoms with van der Waals surface area (Å²) in [6.45, 7) is 4.17. The van der Waals surface area contributed by atoms with Gasteiger partial charge in [-0.2, -0.15) is 0 Å². The molecule has 0 aromatic carbocycles. The highest BCUT2D eigenvalue weighted by atomic mass is 32.1. The van der Waals surface area contributed by atoms with Crippen LogP contribution in [0.25, 0.3) is 0 Å². The van der Waals surface area contributed by atoms with Crippen molar-refractivity contribution in [3.63, 3.8) is 0 Å². The van der Waals surface area contributed by atoms with E-state index >= 15 is 0 Å². The van der Waals surface area contributed by atoms with E-state index in [4.69, 9.17) is 5.73 Å². The maximum absolute atomic E-state index is 12.3. The van der Waals surface area contributed by atoms with E-state index in [1.54, 1.807) is 6.07 Å². The zero-order valence-corrected chi connectivity index (χ0v) is 14.2. The second kappa shape index (κ2) is 5.85. The number of nitrogens with one attached hydrogen (secondary N) is 1. The summed E-state index contributed by atoms with van der Waals surface area (Å²) in [5.74, 6) is -0.0210. The van der Waals surface area contributed by atoms with Gasteiger partial charge in [0.25, 0.3) is 11.8 Å². The molecule has 1 atom stereocenters. The summed E-state index contributed by atoms with van der Waals surface area (Å²) in [6.07, 6.45) is 2.87. The molecule has 3 rings (SSSR count). The van der Waals surface area contributed by atoms with Gasteiger partial charge in [0.05, 0.1) is 10.4 Å². The minimum absolute atomic E-state index is 0.174. The van der Waals surface area contributed by atoms with Gasteiger partial charge in [-0.1, -0.05) is 6.92 Å². The first-order valence-corrected chi connectivity index (χ1v) is 8.91. The Morgan fingerprint density at radius 2 is 2.09 bits per heavy atom. The lowest BCUT2D eigenvalue weighted by Gasteiger charge is -2.18. The van der Waals surface area contributed by atoms with Crippen LogP contribution in [0.2, 0.25) is 0 Å². The molecule has 2 amide bonds. The Morgan fingerprint density at radius 3 is 2.73 bits per heavy atom. The maximum atomic E-state index is 12.3. The van der Waals surface area contributed by atoms with Gasteiger partial charge in [-0.15, -0.1) is 22.7 Å². The first-order valence-electron chi connectivity index (χ1n) is 7.28. The average Bonchev–Trinajstić information content (AvgIpc) is 3.01. The van der Waals surface area contributed by atoms with Crippen LogP contribution < -0.4 is 11.1 Å². The number of hydrogen-bond acceptors (Lipinski definition) is 4. The van der Waals surface area contributed by atoms with Crippen LogP contribution in [0.3, 0.4) is 0 Å². The van der Waals surface area contributed by atoms with Crippen molar-refractivity contribution in [2.45, 2.75) is 33.1 Å². The lowest BCUT2D eigenvalue weighted by molar-refractivity contribution is 0.1000. The third kappa shape index (κ3) is 2.80. The van der Waals surface area contributed by atoms with Crippen LogP contribution in [0, 0.1) is 12.8 Å². The van der Waals surface area contributed by atoms with E-state index in [9.17, 15) is 9.59 Å². The van der Waals surface area contributed by atoms with Crippen molar-refractivity contribution < 1.29 is 9.59 Å². The number of nitrogens with two attached hydrogens (primary N) is 1. The monoisotopic (exact) mass is 334 g/mol. The summed E-state index contributed by atoms with van der Waals surface area (Å²) >= 11 is 2.94. The van der Waals surface area contributed by atoms with Crippen LogP contribution in [0.5, 0.6) is 0 Å². The molecule has 0 saturated heterocycles. The van der Waals surface area contributed by atoms with Gasteiger partial charge in [0.1, 0.15) is 5.00 Å². The minimum atomic E-state index is -0.454. The number of aryl methyl sites for hydroxylation is 1. The van der Waals surface area contributed by atoms with Crippen LogP contribution in [-0.2, 0) is 12.8 Å². The lowest BCUT2D eigenvalue weighted by atomic mass is 9.88. The molecule has 1 unspecified atom stereocenters. The number of rotatable bonds is 3. The first kappa shape index (κ1) is 15.2. The molecule has 2 aromatic heterocycles. The van der Waals surface area contributed by atoms with Gasteiger partial charge < -0.3 is 11.1 Å². The average molecular weight is 334 g/mol.